The van der Waals surface area contributed by atoms with Crippen molar-refractivity contribution < 1.29 is 14.3 Å². The first-order valence-corrected chi connectivity index (χ1v) is 6.99. The van der Waals surface area contributed by atoms with Crippen LogP contribution in [0.25, 0.3) is 0 Å². The van der Waals surface area contributed by atoms with Crippen LogP contribution in [0, 0.1) is 5.92 Å². The molecular weight excluding hydrogens is 242 g/mol. The van der Waals surface area contributed by atoms with Gasteiger partial charge in [0.1, 0.15) is 0 Å². The lowest BCUT2D eigenvalue weighted by Crippen LogP contribution is -2.17. The van der Waals surface area contributed by atoms with E-state index >= 15 is 0 Å². The Labute approximate surface area is 113 Å². The highest BCUT2D eigenvalue weighted by molar-refractivity contribution is 6.08. The predicted octanol–water partition coefficient (Wildman–Crippen LogP) is 2.84. The smallest absolute Gasteiger partial charge is 0.340 e. The number of esters is 1. The van der Waals surface area contributed by atoms with E-state index < -0.39 is 0 Å². The molecule has 0 bridgehead atoms. The van der Waals surface area contributed by atoms with Gasteiger partial charge in [0.25, 0.3) is 0 Å². The van der Waals surface area contributed by atoms with E-state index in [2.05, 4.69) is 0 Å². The average molecular weight is 263 g/mol. The standard InChI is InChI=1S/C15H21NO3/c1-4-19-15(18)11-9-16-8-6-5-7-12(16)13(11)14(17)10(2)3/h9-10H,4-8H2,1-3H3. The van der Waals surface area contributed by atoms with Crippen molar-refractivity contribution in [3.05, 3.63) is 23.0 Å². The Bertz CT molecular complexity index is 500. The second-order valence-electron chi connectivity index (χ2n) is 5.25. The molecule has 104 valence electrons. The maximum absolute atomic E-state index is 12.4. The van der Waals surface area contributed by atoms with Gasteiger partial charge in [0.2, 0.25) is 0 Å². The van der Waals surface area contributed by atoms with Gasteiger partial charge in [-0.05, 0) is 26.2 Å². The number of aryl methyl sites for hydroxylation is 1. The highest BCUT2D eigenvalue weighted by Gasteiger charge is 2.28. The van der Waals surface area contributed by atoms with E-state index in [1.165, 1.54) is 0 Å². The van der Waals surface area contributed by atoms with E-state index in [9.17, 15) is 9.59 Å². The highest BCUT2D eigenvalue weighted by atomic mass is 16.5. The summed E-state index contributed by atoms with van der Waals surface area (Å²) >= 11 is 0. The van der Waals surface area contributed by atoms with Crippen molar-refractivity contribution in [3.63, 3.8) is 0 Å². The molecule has 0 saturated heterocycles. The van der Waals surface area contributed by atoms with Gasteiger partial charge in [-0.25, -0.2) is 4.79 Å². The van der Waals surface area contributed by atoms with Crippen molar-refractivity contribution in [1.82, 2.24) is 4.57 Å². The van der Waals surface area contributed by atoms with Crippen molar-refractivity contribution in [2.75, 3.05) is 6.61 Å². The zero-order valence-corrected chi connectivity index (χ0v) is 11.9. The minimum atomic E-state index is -0.381. The summed E-state index contributed by atoms with van der Waals surface area (Å²) in [6.45, 7) is 6.72. The molecule has 1 aliphatic rings. The Kier molecular flexibility index (Phi) is 4.08. The number of Topliss-reactive ketones (excluding diaryl/α,β-unsaturated/α-hetero) is 1. The summed E-state index contributed by atoms with van der Waals surface area (Å²) in [5, 5.41) is 0. The predicted molar refractivity (Wildman–Crippen MR) is 72.5 cm³/mol. The Morgan fingerprint density at radius 3 is 2.74 bits per heavy atom. The van der Waals surface area contributed by atoms with Gasteiger partial charge in [0, 0.05) is 24.4 Å². The third-order valence-electron chi connectivity index (χ3n) is 3.52. The minimum absolute atomic E-state index is 0.0405. The van der Waals surface area contributed by atoms with Gasteiger partial charge >= 0.3 is 5.97 Å². The van der Waals surface area contributed by atoms with Crippen molar-refractivity contribution in [1.29, 1.82) is 0 Å². The normalized spacial score (nSPS) is 14.3. The third kappa shape index (κ3) is 2.57. The molecule has 4 nitrogen and oxygen atoms in total. The summed E-state index contributed by atoms with van der Waals surface area (Å²) in [5.41, 5.74) is 2.04. The molecule has 19 heavy (non-hydrogen) atoms. The second-order valence-corrected chi connectivity index (χ2v) is 5.25. The number of carbonyl (C=O) groups is 2. The molecule has 2 heterocycles. The van der Waals surface area contributed by atoms with Gasteiger partial charge in [0.05, 0.1) is 17.7 Å². The number of fused-ring (bicyclic) bond motifs is 1. The van der Waals surface area contributed by atoms with Crippen LogP contribution in [0.4, 0.5) is 0 Å². The topological polar surface area (TPSA) is 48.3 Å². The largest absolute Gasteiger partial charge is 0.462 e. The molecule has 0 saturated carbocycles. The van der Waals surface area contributed by atoms with Gasteiger partial charge in [-0.15, -0.1) is 0 Å². The molecular formula is C15H21NO3. The highest BCUT2D eigenvalue weighted by Crippen LogP contribution is 2.27. The molecule has 0 fully saturated rings. The Morgan fingerprint density at radius 1 is 1.37 bits per heavy atom. The average Bonchev–Trinajstić information content (AvgIpc) is 2.77. The van der Waals surface area contributed by atoms with Gasteiger partial charge in [-0.1, -0.05) is 13.8 Å². The summed E-state index contributed by atoms with van der Waals surface area (Å²) < 4.78 is 7.12. The molecule has 0 aromatic carbocycles. The first kappa shape index (κ1) is 13.8. The van der Waals surface area contributed by atoms with Gasteiger partial charge < -0.3 is 9.30 Å². The maximum atomic E-state index is 12.4. The van der Waals surface area contributed by atoms with Crippen molar-refractivity contribution >= 4 is 11.8 Å². The number of hydrogen-bond acceptors (Lipinski definition) is 3. The molecule has 0 aliphatic carbocycles. The number of ether oxygens (including phenoxy) is 1. The van der Waals surface area contributed by atoms with E-state index in [1.54, 1.807) is 13.1 Å². The number of nitrogens with zero attached hydrogens (tertiary/aromatic N) is 1. The van der Waals surface area contributed by atoms with Crippen LogP contribution in [0.2, 0.25) is 0 Å². The van der Waals surface area contributed by atoms with E-state index in [0.29, 0.717) is 17.7 Å². The van der Waals surface area contributed by atoms with E-state index in [1.807, 2.05) is 18.4 Å². The van der Waals surface area contributed by atoms with Crippen LogP contribution in [0.1, 0.15) is 60.0 Å². The van der Waals surface area contributed by atoms with E-state index in [-0.39, 0.29) is 17.7 Å². The molecule has 0 spiro atoms. The summed E-state index contributed by atoms with van der Waals surface area (Å²) in [6, 6.07) is 0. The molecule has 1 aromatic heterocycles. The zero-order valence-electron chi connectivity index (χ0n) is 11.9. The van der Waals surface area contributed by atoms with Crippen LogP contribution in [-0.2, 0) is 17.7 Å². The SMILES string of the molecule is CCOC(=O)c1cn2c(c1C(=O)C(C)C)CCCC2. The molecule has 0 amide bonds. The van der Waals surface area contributed by atoms with Crippen molar-refractivity contribution in [2.24, 2.45) is 5.92 Å². The van der Waals surface area contributed by atoms with Crippen LogP contribution in [0.5, 0.6) is 0 Å². The lowest BCUT2D eigenvalue weighted by atomic mass is 9.95. The van der Waals surface area contributed by atoms with Crippen LogP contribution in [-0.4, -0.2) is 22.9 Å². The lowest BCUT2D eigenvalue weighted by Gasteiger charge is -2.16. The molecule has 0 unspecified atom stereocenters. The lowest BCUT2D eigenvalue weighted by molar-refractivity contribution is 0.0522. The first-order chi connectivity index (χ1) is 9.06. The van der Waals surface area contributed by atoms with Crippen molar-refractivity contribution in [3.8, 4) is 0 Å². The van der Waals surface area contributed by atoms with Crippen LogP contribution < -0.4 is 0 Å². The molecule has 0 N–H and O–H groups in total. The number of hydrogen-bond donors (Lipinski definition) is 0. The zero-order chi connectivity index (χ0) is 14.0. The molecule has 1 aliphatic heterocycles. The van der Waals surface area contributed by atoms with Crippen LogP contribution in [0.3, 0.4) is 0 Å². The van der Waals surface area contributed by atoms with Crippen LogP contribution >= 0.6 is 0 Å². The van der Waals surface area contributed by atoms with Gasteiger partial charge in [-0.2, -0.15) is 0 Å². The fourth-order valence-electron chi connectivity index (χ4n) is 2.57. The summed E-state index contributed by atoms with van der Waals surface area (Å²) in [4.78, 5) is 24.4. The van der Waals surface area contributed by atoms with Gasteiger partial charge in [-0.3, -0.25) is 4.79 Å². The quantitative estimate of drug-likeness (QED) is 0.620. The summed E-state index contributed by atoms with van der Waals surface area (Å²) in [5.74, 6) is -0.450. The Balaban J connectivity index is 2.49. The first-order valence-electron chi connectivity index (χ1n) is 6.99. The van der Waals surface area contributed by atoms with Crippen LogP contribution in [0.15, 0.2) is 6.20 Å². The maximum Gasteiger partial charge on any atom is 0.340 e. The number of aromatic nitrogens is 1. The fourth-order valence-corrected chi connectivity index (χ4v) is 2.57. The second kappa shape index (κ2) is 5.59. The van der Waals surface area contributed by atoms with E-state index in [0.717, 1.165) is 31.5 Å². The molecule has 4 heteroatoms. The number of ketones is 1. The molecule has 0 atom stereocenters. The Morgan fingerprint density at radius 2 is 2.11 bits per heavy atom. The molecule has 1 aromatic rings. The summed E-state index contributed by atoms with van der Waals surface area (Å²) in [6.07, 6.45) is 4.83. The minimum Gasteiger partial charge on any atom is -0.462 e. The molecule has 2 rings (SSSR count). The van der Waals surface area contributed by atoms with Crippen molar-refractivity contribution in [2.45, 2.75) is 46.6 Å². The number of carbonyl (C=O) groups excluding carboxylic acids is 2. The number of rotatable bonds is 4. The van der Waals surface area contributed by atoms with Gasteiger partial charge in [0.15, 0.2) is 5.78 Å². The Hall–Kier alpha value is -1.58. The summed E-state index contributed by atoms with van der Waals surface area (Å²) in [7, 11) is 0. The fraction of sp³-hybridized carbons (Fsp3) is 0.600. The van der Waals surface area contributed by atoms with E-state index in [4.69, 9.17) is 4.74 Å². The third-order valence-corrected chi connectivity index (χ3v) is 3.52. The monoisotopic (exact) mass is 263 g/mol. The molecule has 0 radical (unpaired) electrons.